The minimum Gasteiger partial charge on any atom is -0.474 e. The van der Waals surface area contributed by atoms with Crippen molar-refractivity contribution >= 4 is 17.7 Å². The second-order valence-electron chi connectivity index (χ2n) is 9.54. The van der Waals surface area contributed by atoms with Crippen molar-refractivity contribution < 1.29 is 4.74 Å². The Balaban J connectivity index is 1.77. The van der Waals surface area contributed by atoms with Gasteiger partial charge in [0, 0.05) is 29.1 Å². The van der Waals surface area contributed by atoms with Crippen LogP contribution in [0.1, 0.15) is 60.8 Å². The van der Waals surface area contributed by atoms with Crippen LogP contribution < -0.4 is 0 Å². The summed E-state index contributed by atoms with van der Waals surface area (Å²) in [6.07, 6.45) is 8.76. The maximum atomic E-state index is 6.88. The Morgan fingerprint density at radius 2 is 2.08 bits per heavy atom. The predicted molar refractivity (Wildman–Crippen MR) is 112 cm³/mol. The van der Waals surface area contributed by atoms with Crippen LogP contribution in [0, 0.1) is 35.5 Å². The third-order valence-electron chi connectivity index (χ3n) is 7.62. The predicted octanol–water partition coefficient (Wildman–Crippen LogP) is 6.09. The number of hydrogen-bond acceptors (Lipinski definition) is 3. The number of thioether (sulfide) groups is 1. The van der Waals surface area contributed by atoms with Crippen molar-refractivity contribution in [2.24, 2.45) is 40.5 Å². The molecule has 2 aliphatic heterocycles. The van der Waals surface area contributed by atoms with E-state index in [2.05, 4.69) is 53.7 Å². The fourth-order valence-corrected chi connectivity index (χ4v) is 7.03. The number of aliphatic imine (C=N–C) groups is 1. The van der Waals surface area contributed by atoms with E-state index in [1.54, 1.807) is 0 Å². The Labute approximate surface area is 163 Å². The van der Waals surface area contributed by atoms with Crippen LogP contribution in [0.4, 0.5) is 0 Å². The summed E-state index contributed by atoms with van der Waals surface area (Å²) < 4.78 is 6.88. The molecule has 0 radical (unpaired) electrons. The molecule has 2 aliphatic carbocycles. The minimum absolute atomic E-state index is 0.0598. The highest BCUT2D eigenvalue weighted by molar-refractivity contribution is 8.03. The molecule has 2 heterocycles. The average Bonchev–Trinajstić information content (AvgIpc) is 3.00. The molecule has 4 aliphatic rings. The van der Waals surface area contributed by atoms with Gasteiger partial charge in [-0.15, -0.1) is 11.8 Å². The van der Waals surface area contributed by atoms with Crippen molar-refractivity contribution in [2.45, 2.75) is 72.4 Å². The highest BCUT2D eigenvalue weighted by Crippen LogP contribution is 2.52. The standard InChI is InChI=1S/C23H35NOS/c1-7-19-20(17(12-26-19)13(2)3)22-24-23(6)11-10-18(23)16-9-8-14(4)15(5)21(16)25-22/h10-11,13-18,21H,7-9,12H2,1-6H3. The van der Waals surface area contributed by atoms with Crippen molar-refractivity contribution in [1.82, 2.24) is 0 Å². The molecule has 0 aromatic carbocycles. The molecule has 7 atom stereocenters. The van der Waals surface area contributed by atoms with Crippen LogP contribution in [0.5, 0.6) is 0 Å². The molecular formula is C23H35NOS. The van der Waals surface area contributed by atoms with Gasteiger partial charge < -0.3 is 4.74 Å². The molecule has 0 aromatic heterocycles. The van der Waals surface area contributed by atoms with Gasteiger partial charge in [-0.05, 0) is 48.8 Å². The molecule has 0 aromatic rings. The Bertz CT molecular complexity index is 663. The summed E-state index contributed by atoms with van der Waals surface area (Å²) in [5, 5.41) is 0. The van der Waals surface area contributed by atoms with E-state index in [9.17, 15) is 0 Å². The van der Waals surface area contributed by atoms with Crippen LogP contribution >= 0.6 is 11.8 Å². The van der Waals surface area contributed by atoms with Gasteiger partial charge in [0.05, 0.1) is 5.54 Å². The molecule has 3 heteroatoms. The zero-order valence-electron chi connectivity index (χ0n) is 17.3. The fraction of sp³-hybridized carbons (Fsp3) is 0.783. The topological polar surface area (TPSA) is 21.6 Å². The lowest BCUT2D eigenvalue weighted by Crippen LogP contribution is -2.48. The lowest BCUT2D eigenvalue weighted by Gasteiger charge is -2.46. The Hall–Kier alpha value is -0.700. The third-order valence-corrected chi connectivity index (χ3v) is 9.01. The normalized spacial score (nSPS) is 44.8. The molecular weight excluding hydrogens is 338 g/mol. The van der Waals surface area contributed by atoms with Gasteiger partial charge >= 0.3 is 0 Å². The van der Waals surface area contributed by atoms with Crippen LogP contribution in [0.3, 0.4) is 0 Å². The maximum Gasteiger partial charge on any atom is 0.214 e. The Morgan fingerprint density at radius 1 is 1.31 bits per heavy atom. The van der Waals surface area contributed by atoms with Crippen molar-refractivity contribution in [3.05, 3.63) is 22.6 Å². The molecule has 0 saturated heterocycles. The fourth-order valence-electron chi connectivity index (χ4n) is 5.50. The monoisotopic (exact) mass is 373 g/mol. The first-order chi connectivity index (χ1) is 12.4. The largest absolute Gasteiger partial charge is 0.474 e. The zero-order valence-corrected chi connectivity index (χ0v) is 18.1. The van der Waals surface area contributed by atoms with E-state index >= 15 is 0 Å². The Morgan fingerprint density at radius 3 is 2.69 bits per heavy atom. The van der Waals surface area contributed by atoms with E-state index in [4.69, 9.17) is 9.73 Å². The van der Waals surface area contributed by atoms with Gasteiger partial charge in [-0.3, -0.25) is 0 Å². The van der Waals surface area contributed by atoms with Gasteiger partial charge in [-0.25, -0.2) is 4.99 Å². The van der Waals surface area contributed by atoms with Crippen molar-refractivity contribution in [3.63, 3.8) is 0 Å². The van der Waals surface area contributed by atoms with E-state index in [-0.39, 0.29) is 5.54 Å². The van der Waals surface area contributed by atoms with Crippen LogP contribution in [-0.2, 0) is 4.74 Å². The number of rotatable bonds is 3. The first kappa shape index (κ1) is 18.7. The van der Waals surface area contributed by atoms with Gasteiger partial charge in [-0.2, -0.15) is 0 Å². The maximum absolute atomic E-state index is 6.88. The summed E-state index contributed by atoms with van der Waals surface area (Å²) in [6, 6.07) is 0. The van der Waals surface area contributed by atoms with Gasteiger partial charge in [-0.1, -0.05) is 46.8 Å². The number of ether oxygens (including phenoxy) is 1. The molecule has 144 valence electrons. The zero-order chi connectivity index (χ0) is 18.6. The highest BCUT2D eigenvalue weighted by atomic mass is 32.2. The van der Waals surface area contributed by atoms with E-state index < -0.39 is 0 Å². The molecule has 4 rings (SSSR count). The second-order valence-corrected chi connectivity index (χ2v) is 10.7. The number of nitrogens with zero attached hydrogens (tertiary/aromatic N) is 1. The third kappa shape index (κ3) is 2.80. The molecule has 1 saturated carbocycles. The van der Waals surface area contributed by atoms with Crippen molar-refractivity contribution in [1.29, 1.82) is 0 Å². The molecule has 0 spiro atoms. The number of allylic oxidation sites excluding steroid dienone is 1. The summed E-state index contributed by atoms with van der Waals surface area (Å²) in [6.45, 7) is 14.1. The first-order valence-electron chi connectivity index (χ1n) is 10.7. The van der Waals surface area contributed by atoms with Crippen LogP contribution in [0.15, 0.2) is 27.6 Å². The van der Waals surface area contributed by atoms with E-state index in [1.807, 2.05) is 11.8 Å². The van der Waals surface area contributed by atoms with E-state index in [0.717, 1.165) is 18.2 Å². The summed E-state index contributed by atoms with van der Waals surface area (Å²) in [5.41, 5.74) is 1.38. The SMILES string of the molecule is CCC1=C(C2=NC3(C)C=CC3C3CCC(C)C(C)C3O2)C(C(C)C)CS1. The first-order valence-corrected chi connectivity index (χ1v) is 11.7. The quantitative estimate of drug-likeness (QED) is 0.558. The minimum atomic E-state index is -0.0598. The molecule has 0 amide bonds. The van der Waals surface area contributed by atoms with Gasteiger partial charge in [0.1, 0.15) is 6.10 Å². The van der Waals surface area contributed by atoms with E-state index in [0.29, 0.717) is 35.7 Å². The number of fused-ring (bicyclic) bond motifs is 3. The Kier molecular flexibility index (Phi) is 4.82. The highest BCUT2D eigenvalue weighted by Gasteiger charge is 2.52. The molecule has 2 nitrogen and oxygen atoms in total. The summed E-state index contributed by atoms with van der Waals surface area (Å²) in [7, 11) is 0. The molecule has 7 unspecified atom stereocenters. The molecule has 26 heavy (non-hydrogen) atoms. The lowest BCUT2D eigenvalue weighted by molar-refractivity contribution is -0.0104. The van der Waals surface area contributed by atoms with E-state index in [1.165, 1.54) is 29.1 Å². The summed E-state index contributed by atoms with van der Waals surface area (Å²) >= 11 is 2.04. The van der Waals surface area contributed by atoms with Crippen LogP contribution in [0.2, 0.25) is 0 Å². The number of hydrogen-bond donors (Lipinski definition) is 0. The van der Waals surface area contributed by atoms with Gasteiger partial charge in [0.25, 0.3) is 0 Å². The summed E-state index contributed by atoms with van der Waals surface area (Å²) in [4.78, 5) is 6.82. The molecule has 0 N–H and O–H groups in total. The molecule has 0 bridgehead atoms. The van der Waals surface area contributed by atoms with Crippen LogP contribution in [0.25, 0.3) is 0 Å². The average molecular weight is 374 g/mol. The summed E-state index contributed by atoms with van der Waals surface area (Å²) in [5.74, 6) is 5.91. The second kappa shape index (κ2) is 6.72. The van der Waals surface area contributed by atoms with Gasteiger partial charge in [0.2, 0.25) is 5.90 Å². The van der Waals surface area contributed by atoms with Gasteiger partial charge in [0.15, 0.2) is 0 Å². The van der Waals surface area contributed by atoms with Crippen molar-refractivity contribution in [3.8, 4) is 0 Å². The van der Waals surface area contributed by atoms with Crippen molar-refractivity contribution in [2.75, 3.05) is 5.75 Å². The molecule has 1 fully saturated rings. The smallest absolute Gasteiger partial charge is 0.214 e. The lowest BCUT2D eigenvalue weighted by atomic mass is 9.61. The van der Waals surface area contributed by atoms with Crippen LogP contribution in [-0.4, -0.2) is 23.3 Å².